The monoisotopic (exact) mass is 266 g/mol. The fourth-order valence-electron chi connectivity index (χ4n) is 4.18. The molecule has 0 aromatic rings. The zero-order chi connectivity index (χ0) is 13.2. The molecule has 0 radical (unpaired) electrons. The van der Waals surface area contributed by atoms with Crippen LogP contribution in [-0.2, 0) is 9.53 Å². The predicted molar refractivity (Wildman–Crippen MR) is 73.6 cm³/mol. The molecule has 0 aromatic carbocycles. The summed E-state index contributed by atoms with van der Waals surface area (Å²) in [6, 6.07) is 0.575. The van der Waals surface area contributed by atoms with E-state index in [0.717, 1.165) is 32.3 Å². The molecule has 1 aliphatic heterocycles. The molecule has 4 nitrogen and oxygen atoms in total. The lowest BCUT2D eigenvalue weighted by Crippen LogP contribution is -2.46. The molecule has 1 heterocycles. The van der Waals surface area contributed by atoms with E-state index in [9.17, 15) is 4.79 Å². The van der Waals surface area contributed by atoms with Crippen LogP contribution in [0, 0.1) is 11.8 Å². The molecule has 1 amide bonds. The second-order valence-electron chi connectivity index (χ2n) is 6.53. The highest BCUT2D eigenvalue weighted by molar-refractivity contribution is 5.76. The normalized spacial score (nSPS) is 42.1. The Balaban J connectivity index is 1.51. The molecule has 5 atom stereocenters. The van der Waals surface area contributed by atoms with E-state index >= 15 is 0 Å². The van der Waals surface area contributed by atoms with Crippen molar-refractivity contribution in [3.8, 4) is 0 Å². The third-order valence-corrected chi connectivity index (χ3v) is 5.29. The molecule has 0 bridgehead atoms. The molecule has 3 unspecified atom stereocenters. The quantitative estimate of drug-likeness (QED) is 0.815. The molecular formula is C15H26N2O2. The number of ether oxygens (including phenoxy) is 1. The maximum Gasteiger partial charge on any atom is 0.220 e. The Labute approximate surface area is 115 Å². The molecule has 108 valence electrons. The number of nitrogens with one attached hydrogen (secondary N) is 1. The highest BCUT2D eigenvalue weighted by Gasteiger charge is 2.38. The minimum absolute atomic E-state index is 0.208. The molecule has 3 aliphatic rings. The topological polar surface area (TPSA) is 64.4 Å². The Hall–Kier alpha value is -0.610. The number of carbonyl (C=O) groups excluding carboxylic acids is 1. The van der Waals surface area contributed by atoms with E-state index in [0.29, 0.717) is 30.4 Å². The van der Waals surface area contributed by atoms with Gasteiger partial charge in [-0.1, -0.05) is 6.42 Å². The van der Waals surface area contributed by atoms with Crippen molar-refractivity contribution < 1.29 is 9.53 Å². The van der Waals surface area contributed by atoms with Crippen molar-refractivity contribution in [2.45, 2.75) is 69.6 Å². The van der Waals surface area contributed by atoms with Crippen LogP contribution in [0.1, 0.15) is 51.4 Å². The van der Waals surface area contributed by atoms with Gasteiger partial charge in [0.25, 0.3) is 0 Å². The number of hydrogen-bond donors (Lipinski definition) is 2. The Kier molecular flexibility index (Phi) is 4.08. The molecule has 2 saturated carbocycles. The number of nitrogens with two attached hydrogens (primary N) is 1. The first-order chi connectivity index (χ1) is 9.24. The second-order valence-corrected chi connectivity index (χ2v) is 6.53. The maximum absolute atomic E-state index is 12.2. The standard InChI is InChI=1S/C15H26N2O2/c16-12-4-1-3-10(12)9-15(18)17-13-5-2-6-14-11(13)7-8-19-14/h10-14H,1-9,16H2,(H,17,18)/t10-,11?,12+,13?,14?/m0/s1. The SMILES string of the molecule is N[C@@H]1CCC[C@H]1CC(=O)NC1CCCC2OCCC12. The molecule has 19 heavy (non-hydrogen) atoms. The summed E-state index contributed by atoms with van der Waals surface area (Å²) in [5, 5.41) is 3.26. The van der Waals surface area contributed by atoms with Gasteiger partial charge in [0.2, 0.25) is 5.91 Å². The molecule has 0 spiro atoms. The predicted octanol–water partition coefficient (Wildman–Crippen LogP) is 1.58. The summed E-state index contributed by atoms with van der Waals surface area (Å²) in [7, 11) is 0. The summed E-state index contributed by atoms with van der Waals surface area (Å²) in [5.41, 5.74) is 6.05. The lowest BCUT2D eigenvalue weighted by Gasteiger charge is -2.33. The van der Waals surface area contributed by atoms with E-state index in [4.69, 9.17) is 10.5 Å². The van der Waals surface area contributed by atoms with Crippen LogP contribution in [0.3, 0.4) is 0 Å². The molecule has 3 N–H and O–H groups in total. The molecule has 0 aromatic heterocycles. The zero-order valence-electron chi connectivity index (χ0n) is 11.6. The van der Waals surface area contributed by atoms with Crippen LogP contribution in [0.2, 0.25) is 0 Å². The van der Waals surface area contributed by atoms with Crippen LogP contribution < -0.4 is 11.1 Å². The van der Waals surface area contributed by atoms with Crippen molar-refractivity contribution in [3.63, 3.8) is 0 Å². The van der Waals surface area contributed by atoms with Crippen LogP contribution in [0.5, 0.6) is 0 Å². The molecule has 4 heteroatoms. The highest BCUT2D eigenvalue weighted by atomic mass is 16.5. The molecule has 3 rings (SSSR count). The van der Waals surface area contributed by atoms with Gasteiger partial charge in [-0.3, -0.25) is 4.79 Å². The van der Waals surface area contributed by atoms with Crippen molar-refractivity contribution in [2.24, 2.45) is 17.6 Å². The third-order valence-electron chi connectivity index (χ3n) is 5.29. The minimum Gasteiger partial charge on any atom is -0.378 e. The van der Waals surface area contributed by atoms with Gasteiger partial charge in [0.15, 0.2) is 0 Å². The highest BCUT2D eigenvalue weighted by Crippen LogP contribution is 2.34. The van der Waals surface area contributed by atoms with Gasteiger partial charge in [0.05, 0.1) is 6.10 Å². The van der Waals surface area contributed by atoms with Gasteiger partial charge in [-0.25, -0.2) is 0 Å². The van der Waals surface area contributed by atoms with Crippen molar-refractivity contribution in [1.82, 2.24) is 5.32 Å². The fraction of sp³-hybridized carbons (Fsp3) is 0.933. The summed E-state index contributed by atoms with van der Waals surface area (Å²) < 4.78 is 5.75. The van der Waals surface area contributed by atoms with Crippen LogP contribution in [0.4, 0.5) is 0 Å². The molecule has 1 saturated heterocycles. The van der Waals surface area contributed by atoms with Crippen molar-refractivity contribution in [2.75, 3.05) is 6.61 Å². The summed E-state index contributed by atoms with van der Waals surface area (Å²) >= 11 is 0. The smallest absolute Gasteiger partial charge is 0.220 e. The van der Waals surface area contributed by atoms with Crippen LogP contribution >= 0.6 is 0 Å². The van der Waals surface area contributed by atoms with Gasteiger partial charge in [0.1, 0.15) is 0 Å². The largest absolute Gasteiger partial charge is 0.378 e. The van der Waals surface area contributed by atoms with E-state index in [1.807, 2.05) is 0 Å². The summed E-state index contributed by atoms with van der Waals surface area (Å²) in [6.07, 6.45) is 8.98. The van der Waals surface area contributed by atoms with Crippen molar-refractivity contribution in [3.05, 3.63) is 0 Å². The average Bonchev–Trinajstić information content (AvgIpc) is 3.00. The lowest BCUT2D eigenvalue weighted by molar-refractivity contribution is -0.123. The van der Waals surface area contributed by atoms with Crippen LogP contribution in [0.25, 0.3) is 0 Å². The fourth-order valence-corrected chi connectivity index (χ4v) is 4.18. The maximum atomic E-state index is 12.2. The van der Waals surface area contributed by atoms with Gasteiger partial charge < -0.3 is 15.8 Å². The summed E-state index contributed by atoms with van der Waals surface area (Å²) in [4.78, 5) is 12.2. The van der Waals surface area contributed by atoms with Gasteiger partial charge in [-0.15, -0.1) is 0 Å². The van der Waals surface area contributed by atoms with Gasteiger partial charge in [0, 0.05) is 31.0 Å². The number of rotatable bonds is 3. The number of fused-ring (bicyclic) bond motifs is 1. The van der Waals surface area contributed by atoms with E-state index in [1.165, 1.54) is 19.3 Å². The first-order valence-corrected chi connectivity index (χ1v) is 7.90. The van der Waals surface area contributed by atoms with Crippen LogP contribution in [0.15, 0.2) is 0 Å². The Morgan fingerprint density at radius 2 is 2.00 bits per heavy atom. The number of carbonyl (C=O) groups is 1. The van der Waals surface area contributed by atoms with Crippen LogP contribution in [-0.4, -0.2) is 30.7 Å². The first-order valence-electron chi connectivity index (χ1n) is 7.90. The lowest BCUT2D eigenvalue weighted by atomic mass is 9.81. The van der Waals surface area contributed by atoms with Gasteiger partial charge >= 0.3 is 0 Å². The minimum atomic E-state index is 0.208. The first kappa shape index (κ1) is 13.4. The van der Waals surface area contributed by atoms with Gasteiger partial charge in [-0.05, 0) is 44.4 Å². The number of amides is 1. The summed E-state index contributed by atoms with van der Waals surface area (Å²) in [6.45, 7) is 0.870. The molecular weight excluding hydrogens is 240 g/mol. The zero-order valence-corrected chi connectivity index (χ0v) is 11.6. The van der Waals surface area contributed by atoms with Gasteiger partial charge in [-0.2, -0.15) is 0 Å². The molecule has 3 fully saturated rings. The second kappa shape index (κ2) is 5.80. The van der Waals surface area contributed by atoms with E-state index in [-0.39, 0.29) is 11.9 Å². The Morgan fingerprint density at radius 3 is 2.79 bits per heavy atom. The van der Waals surface area contributed by atoms with E-state index < -0.39 is 0 Å². The van der Waals surface area contributed by atoms with E-state index in [2.05, 4.69) is 5.32 Å². The number of hydrogen-bond acceptors (Lipinski definition) is 3. The Bertz CT molecular complexity index is 334. The molecule has 2 aliphatic carbocycles. The van der Waals surface area contributed by atoms with Crippen molar-refractivity contribution in [1.29, 1.82) is 0 Å². The van der Waals surface area contributed by atoms with Crippen molar-refractivity contribution >= 4 is 5.91 Å². The average molecular weight is 266 g/mol. The third kappa shape index (κ3) is 2.95. The Morgan fingerprint density at radius 1 is 1.16 bits per heavy atom. The van der Waals surface area contributed by atoms with E-state index in [1.54, 1.807) is 0 Å². The summed E-state index contributed by atoms with van der Waals surface area (Å²) in [5.74, 6) is 1.16.